The van der Waals surface area contributed by atoms with Crippen molar-refractivity contribution >= 4 is 5.97 Å². The topological polar surface area (TPSA) is 58.6 Å². The molecule has 1 aromatic carbocycles. The van der Waals surface area contributed by atoms with Gasteiger partial charge >= 0.3 is 5.97 Å². The van der Waals surface area contributed by atoms with Crippen LogP contribution in [0.5, 0.6) is 5.75 Å². The Morgan fingerprint density at radius 1 is 1.32 bits per heavy atom. The van der Waals surface area contributed by atoms with Crippen molar-refractivity contribution in [3.8, 4) is 5.75 Å². The Bertz CT molecular complexity index is 493. The van der Waals surface area contributed by atoms with Crippen LogP contribution in [0.2, 0.25) is 0 Å². The van der Waals surface area contributed by atoms with Gasteiger partial charge in [-0.1, -0.05) is 13.0 Å². The second-order valence-corrected chi connectivity index (χ2v) is 6.20. The molecule has 1 aliphatic rings. The van der Waals surface area contributed by atoms with Crippen LogP contribution < -0.4 is 10.1 Å². The Labute approximate surface area is 132 Å². The van der Waals surface area contributed by atoms with Gasteiger partial charge in [-0.05, 0) is 62.3 Å². The van der Waals surface area contributed by atoms with Crippen molar-refractivity contribution in [3.05, 3.63) is 29.3 Å². The number of carboxylic acids is 1. The van der Waals surface area contributed by atoms with E-state index in [-0.39, 0.29) is 5.92 Å². The first-order valence-electron chi connectivity index (χ1n) is 8.28. The minimum absolute atomic E-state index is 0.144. The van der Waals surface area contributed by atoms with Gasteiger partial charge in [-0.3, -0.25) is 4.79 Å². The van der Waals surface area contributed by atoms with Crippen LogP contribution in [0, 0.1) is 12.8 Å². The molecule has 2 rings (SSSR count). The van der Waals surface area contributed by atoms with Gasteiger partial charge in [0.15, 0.2) is 0 Å². The second kappa shape index (κ2) is 8.18. The summed E-state index contributed by atoms with van der Waals surface area (Å²) in [5, 5.41) is 12.6. The van der Waals surface area contributed by atoms with Crippen molar-refractivity contribution in [2.45, 2.75) is 58.5 Å². The van der Waals surface area contributed by atoms with E-state index in [2.05, 4.69) is 31.3 Å². The summed E-state index contributed by atoms with van der Waals surface area (Å²) in [6.45, 7) is 5.80. The number of aliphatic carboxylic acids is 1. The lowest BCUT2D eigenvalue weighted by Gasteiger charge is -2.27. The van der Waals surface area contributed by atoms with E-state index < -0.39 is 5.97 Å². The summed E-state index contributed by atoms with van der Waals surface area (Å²) in [5.41, 5.74) is 2.52. The van der Waals surface area contributed by atoms with Gasteiger partial charge in [0.1, 0.15) is 5.75 Å². The number of carbonyl (C=O) groups is 1. The molecule has 0 amide bonds. The summed E-state index contributed by atoms with van der Waals surface area (Å²) < 4.78 is 5.64. The van der Waals surface area contributed by atoms with Crippen LogP contribution >= 0.6 is 0 Å². The largest absolute Gasteiger partial charge is 0.494 e. The van der Waals surface area contributed by atoms with Gasteiger partial charge in [-0.15, -0.1) is 0 Å². The summed E-state index contributed by atoms with van der Waals surface area (Å²) in [5.74, 6) is 0.150. The highest BCUT2D eigenvalue weighted by atomic mass is 16.5. The maximum atomic E-state index is 11.0. The van der Waals surface area contributed by atoms with Crippen LogP contribution in [0.15, 0.2) is 18.2 Å². The molecule has 0 aliphatic heterocycles. The number of hydrogen-bond donors (Lipinski definition) is 2. The van der Waals surface area contributed by atoms with Crippen LogP contribution in [0.25, 0.3) is 0 Å². The van der Waals surface area contributed by atoms with Crippen LogP contribution in [0.1, 0.15) is 50.2 Å². The lowest BCUT2D eigenvalue weighted by molar-refractivity contribution is -0.142. The molecule has 22 heavy (non-hydrogen) atoms. The minimum atomic E-state index is -0.642. The molecule has 1 saturated carbocycles. The molecule has 0 aromatic heterocycles. The Hall–Kier alpha value is -1.55. The van der Waals surface area contributed by atoms with Crippen molar-refractivity contribution in [2.24, 2.45) is 5.92 Å². The average Bonchev–Trinajstić information content (AvgIpc) is 2.52. The Morgan fingerprint density at radius 2 is 2.05 bits per heavy atom. The summed E-state index contributed by atoms with van der Waals surface area (Å²) in [7, 11) is 0. The van der Waals surface area contributed by atoms with Gasteiger partial charge in [-0.25, -0.2) is 0 Å². The third kappa shape index (κ3) is 4.73. The Morgan fingerprint density at radius 3 is 2.64 bits per heavy atom. The van der Waals surface area contributed by atoms with Gasteiger partial charge in [0.2, 0.25) is 0 Å². The SMILES string of the molecule is CCCOc1ccc(CNC2CCC(C(=O)O)CC2)c(C)c1. The predicted molar refractivity (Wildman–Crippen MR) is 87.2 cm³/mol. The molecule has 0 spiro atoms. The van der Waals surface area contributed by atoms with Gasteiger partial charge < -0.3 is 15.2 Å². The third-order valence-electron chi connectivity index (χ3n) is 4.44. The number of nitrogens with one attached hydrogen (secondary N) is 1. The van der Waals surface area contributed by atoms with Crippen molar-refractivity contribution in [1.29, 1.82) is 0 Å². The first kappa shape index (κ1) is 16.8. The number of rotatable bonds is 7. The lowest BCUT2D eigenvalue weighted by Crippen LogP contribution is -2.34. The smallest absolute Gasteiger partial charge is 0.306 e. The Kier molecular flexibility index (Phi) is 6.25. The Balaban J connectivity index is 1.81. The fourth-order valence-corrected chi connectivity index (χ4v) is 2.98. The third-order valence-corrected chi connectivity index (χ3v) is 4.44. The predicted octanol–water partition coefficient (Wildman–Crippen LogP) is 3.52. The van der Waals surface area contributed by atoms with Crippen molar-refractivity contribution in [3.63, 3.8) is 0 Å². The van der Waals surface area contributed by atoms with Crippen molar-refractivity contribution < 1.29 is 14.6 Å². The zero-order valence-corrected chi connectivity index (χ0v) is 13.6. The molecule has 4 nitrogen and oxygen atoms in total. The van der Waals surface area contributed by atoms with E-state index >= 15 is 0 Å². The first-order chi connectivity index (χ1) is 10.6. The summed E-state index contributed by atoms with van der Waals surface area (Å²) in [4.78, 5) is 11.0. The average molecular weight is 305 g/mol. The maximum Gasteiger partial charge on any atom is 0.306 e. The summed E-state index contributed by atoms with van der Waals surface area (Å²) >= 11 is 0. The van der Waals surface area contributed by atoms with E-state index in [0.29, 0.717) is 6.04 Å². The molecule has 0 atom stereocenters. The van der Waals surface area contributed by atoms with E-state index in [4.69, 9.17) is 9.84 Å². The zero-order valence-electron chi connectivity index (χ0n) is 13.6. The van der Waals surface area contributed by atoms with Crippen molar-refractivity contribution in [2.75, 3.05) is 6.61 Å². The van der Waals surface area contributed by atoms with E-state index in [1.54, 1.807) is 0 Å². The number of ether oxygens (including phenoxy) is 1. The standard InChI is InChI=1S/C18H27NO3/c1-3-10-22-17-9-6-15(13(2)11-17)12-19-16-7-4-14(5-8-16)18(20)21/h6,9,11,14,16,19H,3-5,7-8,10,12H2,1-2H3,(H,20,21). The van der Waals surface area contributed by atoms with Crippen LogP contribution in [0.3, 0.4) is 0 Å². The minimum Gasteiger partial charge on any atom is -0.494 e. The van der Waals surface area contributed by atoms with E-state index in [9.17, 15) is 4.79 Å². The molecule has 2 N–H and O–H groups in total. The van der Waals surface area contributed by atoms with Gasteiger partial charge in [0.05, 0.1) is 12.5 Å². The van der Waals surface area contributed by atoms with E-state index in [1.165, 1.54) is 11.1 Å². The molecule has 0 radical (unpaired) electrons. The maximum absolute atomic E-state index is 11.0. The van der Waals surface area contributed by atoms with Crippen LogP contribution in [0.4, 0.5) is 0 Å². The molecule has 0 saturated heterocycles. The van der Waals surface area contributed by atoms with Gasteiger partial charge in [-0.2, -0.15) is 0 Å². The number of aryl methyl sites for hydroxylation is 1. The monoisotopic (exact) mass is 305 g/mol. The fraction of sp³-hybridized carbons (Fsp3) is 0.611. The molecule has 1 aliphatic carbocycles. The van der Waals surface area contributed by atoms with Gasteiger partial charge in [0, 0.05) is 12.6 Å². The van der Waals surface area contributed by atoms with Crippen molar-refractivity contribution in [1.82, 2.24) is 5.32 Å². The quantitative estimate of drug-likeness (QED) is 0.809. The zero-order chi connectivity index (χ0) is 15.9. The molecule has 1 aromatic rings. The van der Waals surface area contributed by atoms with Crippen LogP contribution in [-0.2, 0) is 11.3 Å². The fourth-order valence-electron chi connectivity index (χ4n) is 2.98. The highest BCUT2D eigenvalue weighted by Gasteiger charge is 2.25. The molecular weight excluding hydrogens is 278 g/mol. The molecule has 0 unspecified atom stereocenters. The highest BCUT2D eigenvalue weighted by molar-refractivity contribution is 5.70. The second-order valence-electron chi connectivity index (χ2n) is 6.20. The molecular formula is C18H27NO3. The summed E-state index contributed by atoms with van der Waals surface area (Å²) in [6.07, 6.45) is 4.49. The number of carboxylic acid groups (broad SMARTS) is 1. The number of benzene rings is 1. The molecule has 0 heterocycles. The van der Waals surface area contributed by atoms with E-state index in [1.807, 2.05) is 6.07 Å². The van der Waals surface area contributed by atoms with E-state index in [0.717, 1.165) is 51.0 Å². The number of hydrogen-bond acceptors (Lipinski definition) is 3. The van der Waals surface area contributed by atoms with Crippen LogP contribution in [-0.4, -0.2) is 23.7 Å². The summed E-state index contributed by atoms with van der Waals surface area (Å²) in [6, 6.07) is 6.68. The molecule has 4 heteroatoms. The lowest BCUT2D eigenvalue weighted by atomic mass is 9.86. The molecule has 1 fully saturated rings. The highest BCUT2D eigenvalue weighted by Crippen LogP contribution is 2.25. The first-order valence-corrected chi connectivity index (χ1v) is 8.28. The van der Waals surface area contributed by atoms with Gasteiger partial charge in [0.25, 0.3) is 0 Å². The molecule has 0 bridgehead atoms. The normalized spacial score (nSPS) is 21.5. The molecule has 122 valence electrons.